The third-order valence-electron chi connectivity index (χ3n) is 9.12. The van der Waals surface area contributed by atoms with Crippen LogP contribution in [0.15, 0.2) is 114 Å². The number of amides is 2. The predicted octanol–water partition coefficient (Wildman–Crippen LogP) is 8.88. The molecule has 0 aliphatic rings. The third kappa shape index (κ3) is 15.2. The molecule has 0 aliphatic heterocycles. The van der Waals surface area contributed by atoms with E-state index in [1.54, 1.807) is 4.90 Å². The maximum absolute atomic E-state index is 13.6. The van der Waals surface area contributed by atoms with Crippen LogP contribution >= 0.6 is 15.9 Å². The van der Waals surface area contributed by atoms with Crippen LogP contribution in [0.3, 0.4) is 0 Å². The molecule has 0 aromatic heterocycles. The second-order valence-electron chi connectivity index (χ2n) is 16.0. The molecule has 12 heteroatoms. The first-order valence-corrected chi connectivity index (χ1v) is 22.7. The molecule has 0 unspecified atom stereocenters. The summed E-state index contributed by atoms with van der Waals surface area (Å²) in [6.07, 6.45) is 0.453. The van der Waals surface area contributed by atoms with Gasteiger partial charge in [-0.05, 0) is 78.4 Å². The number of rotatable bonds is 22. The molecule has 0 saturated heterocycles. The van der Waals surface area contributed by atoms with E-state index in [9.17, 15) is 9.59 Å². The molecule has 0 fully saturated rings. The van der Waals surface area contributed by atoms with Crippen molar-refractivity contribution in [2.24, 2.45) is 0 Å². The van der Waals surface area contributed by atoms with Crippen molar-refractivity contribution in [2.75, 3.05) is 52.7 Å². The van der Waals surface area contributed by atoms with Crippen LogP contribution in [-0.2, 0) is 36.8 Å². The Morgan fingerprint density at radius 2 is 1.22 bits per heavy atom. The summed E-state index contributed by atoms with van der Waals surface area (Å²) in [5.74, 6) is 0.744. The molecule has 0 heterocycles. The fraction of sp³-hybridized carbons (Fsp3) is 0.435. The fourth-order valence-corrected chi connectivity index (χ4v) is 11.2. The van der Waals surface area contributed by atoms with Gasteiger partial charge in [-0.25, -0.2) is 9.59 Å². The van der Waals surface area contributed by atoms with E-state index in [4.69, 9.17) is 28.1 Å². The zero-order valence-corrected chi connectivity index (χ0v) is 37.6. The molecular weight excluding hydrogens is 817 g/mol. The van der Waals surface area contributed by atoms with Crippen LogP contribution in [0, 0.1) is 0 Å². The Morgan fingerprint density at radius 3 is 1.78 bits per heavy atom. The van der Waals surface area contributed by atoms with Gasteiger partial charge in [0.25, 0.3) is 0 Å². The molecule has 4 aromatic carbocycles. The first-order valence-electron chi connectivity index (χ1n) is 20.0. The van der Waals surface area contributed by atoms with Gasteiger partial charge in [-0.3, -0.25) is 0 Å². The van der Waals surface area contributed by atoms with Crippen LogP contribution in [0.1, 0.15) is 65.5 Å². The molecule has 0 spiro atoms. The van der Waals surface area contributed by atoms with Crippen molar-refractivity contribution >= 4 is 46.8 Å². The predicted molar refractivity (Wildman–Crippen MR) is 235 cm³/mol. The van der Waals surface area contributed by atoms with Crippen LogP contribution in [0.4, 0.5) is 9.59 Å². The number of nitrogens with one attached hydrogen (secondary N) is 1. The molecule has 2 amide bonds. The molecule has 0 bridgehead atoms. The van der Waals surface area contributed by atoms with E-state index in [1.807, 2.05) is 81.4 Å². The monoisotopic (exact) mass is 876 g/mol. The molecule has 0 atom stereocenters. The summed E-state index contributed by atoms with van der Waals surface area (Å²) in [6.45, 7) is 16.3. The van der Waals surface area contributed by atoms with Gasteiger partial charge < -0.3 is 38.3 Å². The molecule has 0 aliphatic carbocycles. The average molecular weight is 878 g/mol. The summed E-state index contributed by atoms with van der Waals surface area (Å²) in [6, 6.07) is 36.8. The highest BCUT2D eigenvalue weighted by Gasteiger charge is 2.52. The second kappa shape index (κ2) is 23.4. The van der Waals surface area contributed by atoms with Crippen LogP contribution in [0.5, 0.6) is 5.75 Å². The van der Waals surface area contributed by atoms with Crippen LogP contribution in [-0.4, -0.2) is 83.7 Å². The highest BCUT2D eigenvalue weighted by atomic mass is 79.9. The molecular formula is C46H61BrN2O8Si. The lowest BCUT2D eigenvalue weighted by Crippen LogP contribution is -2.68. The van der Waals surface area contributed by atoms with Crippen molar-refractivity contribution in [2.45, 2.75) is 78.2 Å². The molecule has 314 valence electrons. The van der Waals surface area contributed by atoms with Gasteiger partial charge in [0.05, 0.1) is 33.0 Å². The average Bonchev–Trinajstić information content (AvgIpc) is 3.19. The minimum Gasteiger partial charge on any atom is -0.534 e. The van der Waals surface area contributed by atoms with Gasteiger partial charge in [-0.15, -0.1) is 0 Å². The summed E-state index contributed by atoms with van der Waals surface area (Å²) < 4.78 is 36.3. The molecule has 0 saturated carbocycles. The highest BCUT2D eigenvalue weighted by molar-refractivity contribution is 9.10. The summed E-state index contributed by atoms with van der Waals surface area (Å²) in [4.78, 5) is 27.1. The zero-order valence-electron chi connectivity index (χ0n) is 35.0. The summed E-state index contributed by atoms with van der Waals surface area (Å²) in [7, 11) is -2.87. The number of hydrogen-bond donors (Lipinski definition) is 1. The van der Waals surface area contributed by atoms with Crippen molar-refractivity contribution in [3.8, 4) is 5.75 Å². The van der Waals surface area contributed by atoms with Gasteiger partial charge in [0.15, 0.2) is 0 Å². The Labute approximate surface area is 354 Å². The number of benzene rings is 4. The topological polar surface area (TPSA) is 105 Å². The van der Waals surface area contributed by atoms with Gasteiger partial charge in [0, 0.05) is 30.8 Å². The van der Waals surface area contributed by atoms with Crippen molar-refractivity contribution in [3.63, 3.8) is 0 Å². The summed E-state index contributed by atoms with van der Waals surface area (Å²) in [5, 5.41) is 4.88. The van der Waals surface area contributed by atoms with E-state index < -0.39 is 26.1 Å². The quantitative estimate of drug-likeness (QED) is 0.0617. The number of ether oxygens (including phenoxy) is 5. The zero-order chi connectivity index (χ0) is 41.9. The summed E-state index contributed by atoms with van der Waals surface area (Å²) >= 11 is 3.76. The van der Waals surface area contributed by atoms with Crippen molar-refractivity contribution in [1.29, 1.82) is 0 Å². The van der Waals surface area contributed by atoms with E-state index in [-0.39, 0.29) is 11.6 Å². The third-order valence-corrected chi connectivity index (χ3v) is 14.8. The lowest BCUT2D eigenvalue weighted by atomic mass is 10.2. The highest BCUT2D eigenvalue weighted by Crippen LogP contribution is 2.38. The van der Waals surface area contributed by atoms with E-state index in [2.05, 4.69) is 90.5 Å². The molecule has 4 rings (SSSR count). The van der Waals surface area contributed by atoms with E-state index in [1.165, 1.54) is 10.4 Å². The molecule has 4 aromatic rings. The van der Waals surface area contributed by atoms with Crippen LogP contribution < -0.4 is 20.1 Å². The Hall–Kier alpha value is -4.20. The van der Waals surface area contributed by atoms with E-state index in [0.29, 0.717) is 72.1 Å². The number of halogens is 1. The number of alkyl carbamates (subject to hydrolysis) is 1. The largest absolute Gasteiger partial charge is 0.534 e. The molecule has 10 nitrogen and oxygen atoms in total. The Balaban J connectivity index is 1.33. The Kier molecular flexibility index (Phi) is 18.8. The lowest BCUT2D eigenvalue weighted by Gasteiger charge is -2.43. The minimum absolute atomic E-state index is 0.175. The second-order valence-corrected chi connectivity index (χ2v) is 21.0. The van der Waals surface area contributed by atoms with Crippen molar-refractivity contribution in [1.82, 2.24) is 10.2 Å². The van der Waals surface area contributed by atoms with Gasteiger partial charge in [-0.2, -0.15) is 0 Å². The van der Waals surface area contributed by atoms with E-state index >= 15 is 0 Å². The SMILES string of the molecule is CC(C)(C)OC(=O)NCCCOCCOCCOCCCN(Cc1cc(O[Si](c2ccccc2)(c2ccccc2)C(C)(C)C)ccc1Br)C(=O)OCc1ccccc1. The Bertz CT molecular complexity index is 1760. The Morgan fingerprint density at radius 1 is 0.690 bits per heavy atom. The smallest absolute Gasteiger partial charge is 0.410 e. The number of hydrogen-bond acceptors (Lipinski definition) is 8. The molecule has 58 heavy (non-hydrogen) atoms. The standard InChI is InChI=1S/C46H61BrN2O8Si/c1-45(2,3)56-43(50)48-26-16-28-52-30-32-54-33-31-53-29-17-27-49(44(51)55-36-37-18-10-7-11-19-37)35-38-34-39(24-25-42(38)47)57-58(46(4,5)6,40-20-12-8-13-21-40)41-22-14-9-15-23-41/h7-15,18-25,34H,16-17,26-33,35-36H2,1-6H3,(H,48,50). The van der Waals surface area contributed by atoms with Crippen molar-refractivity contribution in [3.05, 3.63) is 125 Å². The lowest BCUT2D eigenvalue weighted by molar-refractivity contribution is 0.0122. The molecule has 1 N–H and O–H groups in total. The van der Waals surface area contributed by atoms with Gasteiger partial charge >= 0.3 is 20.5 Å². The van der Waals surface area contributed by atoms with Crippen LogP contribution in [0.2, 0.25) is 5.04 Å². The van der Waals surface area contributed by atoms with Gasteiger partial charge in [-0.1, -0.05) is 128 Å². The maximum Gasteiger partial charge on any atom is 0.410 e. The first-order chi connectivity index (χ1) is 27.8. The summed E-state index contributed by atoms with van der Waals surface area (Å²) in [5.41, 5.74) is 1.30. The minimum atomic E-state index is -2.87. The van der Waals surface area contributed by atoms with Gasteiger partial charge in [0.2, 0.25) is 0 Å². The molecule has 0 radical (unpaired) electrons. The number of carbonyl (C=O) groups excluding carboxylic acids is 2. The fourth-order valence-electron chi connectivity index (χ4n) is 6.39. The number of carbonyl (C=O) groups is 2. The van der Waals surface area contributed by atoms with E-state index in [0.717, 1.165) is 21.3 Å². The van der Waals surface area contributed by atoms with Gasteiger partial charge in [0.1, 0.15) is 18.0 Å². The van der Waals surface area contributed by atoms with Crippen molar-refractivity contribution < 1.29 is 37.7 Å². The number of nitrogens with zero attached hydrogens (tertiary/aromatic N) is 1. The normalized spacial score (nSPS) is 11.8. The maximum atomic E-state index is 13.6. The van der Waals surface area contributed by atoms with Crippen LogP contribution in [0.25, 0.3) is 0 Å². The first kappa shape index (κ1) is 46.5.